The summed E-state index contributed by atoms with van der Waals surface area (Å²) in [5.41, 5.74) is 0.158. The molecular formula is C19H24ClN3O4. The highest BCUT2D eigenvalue weighted by Gasteiger charge is 2.40. The fourth-order valence-corrected chi connectivity index (χ4v) is 4.16. The molecule has 1 amide bonds. The minimum atomic E-state index is -0.798. The van der Waals surface area contributed by atoms with Crippen LogP contribution in [0, 0.1) is 6.92 Å². The number of nitrogens with zero attached hydrogens (tertiary/aromatic N) is 3. The lowest BCUT2D eigenvalue weighted by molar-refractivity contribution is -0.136. The molecule has 0 spiro atoms. The molecule has 0 radical (unpaired) electrons. The molecule has 3 rings (SSSR count). The van der Waals surface area contributed by atoms with Gasteiger partial charge in [-0.2, -0.15) is 0 Å². The van der Waals surface area contributed by atoms with Crippen molar-refractivity contribution >= 4 is 28.4 Å². The van der Waals surface area contributed by atoms with Crippen LogP contribution in [0.2, 0.25) is 5.15 Å². The number of hydrogen-bond acceptors (Lipinski definition) is 5. The van der Waals surface area contributed by atoms with Gasteiger partial charge in [-0.15, -0.1) is 0 Å². The highest BCUT2D eigenvalue weighted by atomic mass is 35.5. The molecule has 0 aliphatic carbocycles. The maximum absolute atomic E-state index is 13.2. The Morgan fingerprint density at radius 3 is 2.59 bits per heavy atom. The number of aryl methyl sites for hydroxylation is 2. The molecule has 1 N–H and O–H groups in total. The molecule has 27 heavy (non-hydrogen) atoms. The monoisotopic (exact) mass is 393 g/mol. The molecule has 2 aromatic rings. The van der Waals surface area contributed by atoms with Gasteiger partial charge in [-0.1, -0.05) is 11.6 Å². The molecule has 1 fully saturated rings. The van der Waals surface area contributed by atoms with Crippen LogP contribution in [0.1, 0.15) is 37.9 Å². The van der Waals surface area contributed by atoms with Crippen molar-refractivity contribution in [3.63, 3.8) is 0 Å². The number of pyridine rings is 2. The SMILES string of the molecule is CCOC1(c2cc3c(Cl)nc(C)c(O)c3n(C)c2=O)CCN(C(C)=O)CC1. The number of halogens is 1. The number of rotatable bonds is 3. The van der Waals surface area contributed by atoms with E-state index >= 15 is 0 Å². The van der Waals surface area contributed by atoms with Crippen LogP contribution >= 0.6 is 11.6 Å². The molecule has 3 heterocycles. The number of likely N-dealkylation sites (tertiary alicyclic amines) is 1. The predicted molar refractivity (Wildman–Crippen MR) is 103 cm³/mol. The van der Waals surface area contributed by atoms with Crippen molar-refractivity contribution in [3.8, 4) is 5.75 Å². The van der Waals surface area contributed by atoms with Crippen LogP contribution in [0.15, 0.2) is 10.9 Å². The number of piperidine rings is 1. The van der Waals surface area contributed by atoms with E-state index in [0.717, 1.165) is 0 Å². The summed E-state index contributed by atoms with van der Waals surface area (Å²) in [6.07, 6.45) is 1.04. The second kappa shape index (κ2) is 7.13. The molecule has 1 saturated heterocycles. The van der Waals surface area contributed by atoms with E-state index in [1.165, 1.54) is 4.57 Å². The first-order chi connectivity index (χ1) is 12.7. The van der Waals surface area contributed by atoms with Gasteiger partial charge in [-0.25, -0.2) is 4.98 Å². The Balaban J connectivity index is 2.21. The zero-order chi connectivity index (χ0) is 19.9. The molecule has 7 nitrogen and oxygen atoms in total. The number of amides is 1. The Hall–Kier alpha value is -2.12. The molecule has 0 saturated carbocycles. The van der Waals surface area contributed by atoms with E-state index < -0.39 is 5.60 Å². The van der Waals surface area contributed by atoms with Gasteiger partial charge in [-0.05, 0) is 32.8 Å². The summed E-state index contributed by atoms with van der Waals surface area (Å²) in [7, 11) is 1.61. The van der Waals surface area contributed by atoms with E-state index in [1.807, 2.05) is 6.92 Å². The minimum Gasteiger partial charge on any atom is -0.504 e. The average Bonchev–Trinajstić information content (AvgIpc) is 2.62. The summed E-state index contributed by atoms with van der Waals surface area (Å²) in [5.74, 6) is -0.0448. The minimum absolute atomic E-state index is 0.0131. The standard InChI is InChI=1S/C19H24ClN3O4/c1-5-27-19(6-8-23(9-7-19)12(3)24)14-10-13-15(22(4)18(14)26)16(25)11(2)21-17(13)20/h10,25H,5-9H2,1-4H3. The van der Waals surface area contributed by atoms with Crippen LogP contribution in [0.5, 0.6) is 5.75 Å². The summed E-state index contributed by atoms with van der Waals surface area (Å²) < 4.78 is 7.49. The van der Waals surface area contributed by atoms with Crippen LogP contribution in [-0.4, -0.2) is 45.2 Å². The van der Waals surface area contributed by atoms with E-state index in [0.29, 0.717) is 54.7 Å². The van der Waals surface area contributed by atoms with Crippen molar-refractivity contribution in [2.45, 2.75) is 39.2 Å². The Morgan fingerprint density at radius 2 is 2.04 bits per heavy atom. The van der Waals surface area contributed by atoms with Crippen LogP contribution < -0.4 is 5.56 Å². The lowest BCUT2D eigenvalue weighted by Crippen LogP contribution is -2.48. The van der Waals surface area contributed by atoms with Crippen molar-refractivity contribution in [3.05, 3.63) is 32.8 Å². The number of aromatic nitrogens is 2. The average molecular weight is 394 g/mol. The van der Waals surface area contributed by atoms with Crippen molar-refractivity contribution in [2.24, 2.45) is 7.05 Å². The maximum Gasteiger partial charge on any atom is 0.257 e. The topological polar surface area (TPSA) is 84.7 Å². The zero-order valence-electron chi connectivity index (χ0n) is 16.0. The summed E-state index contributed by atoms with van der Waals surface area (Å²) in [6, 6.07) is 1.69. The first-order valence-corrected chi connectivity index (χ1v) is 9.38. The molecule has 0 unspecified atom stereocenters. The fourth-order valence-electron chi connectivity index (χ4n) is 3.89. The third-order valence-corrected chi connectivity index (χ3v) is 5.69. The van der Waals surface area contributed by atoms with Gasteiger partial charge in [0, 0.05) is 39.1 Å². The zero-order valence-corrected chi connectivity index (χ0v) is 16.8. The van der Waals surface area contributed by atoms with Crippen molar-refractivity contribution in [1.29, 1.82) is 0 Å². The largest absolute Gasteiger partial charge is 0.504 e. The Labute approximate surface area is 162 Å². The lowest BCUT2D eigenvalue weighted by atomic mass is 9.84. The molecule has 146 valence electrons. The predicted octanol–water partition coefficient (Wildman–Crippen LogP) is 2.48. The third-order valence-electron chi connectivity index (χ3n) is 5.40. The molecule has 1 aliphatic heterocycles. The van der Waals surface area contributed by atoms with E-state index in [9.17, 15) is 14.7 Å². The van der Waals surface area contributed by atoms with Crippen molar-refractivity contribution in [1.82, 2.24) is 14.5 Å². The van der Waals surface area contributed by atoms with Gasteiger partial charge in [0.25, 0.3) is 5.56 Å². The number of fused-ring (bicyclic) bond motifs is 1. The first kappa shape index (κ1) is 19.6. The quantitative estimate of drug-likeness (QED) is 0.810. The van der Waals surface area contributed by atoms with E-state index in [-0.39, 0.29) is 22.4 Å². The number of carbonyl (C=O) groups is 1. The Morgan fingerprint density at radius 1 is 1.41 bits per heavy atom. The van der Waals surface area contributed by atoms with E-state index in [1.54, 1.807) is 31.9 Å². The molecule has 0 bridgehead atoms. The van der Waals surface area contributed by atoms with Crippen LogP contribution in [-0.2, 0) is 22.2 Å². The third kappa shape index (κ3) is 3.19. The second-order valence-corrected chi connectivity index (χ2v) is 7.31. The van der Waals surface area contributed by atoms with Gasteiger partial charge in [0.05, 0.1) is 16.8 Å². The van der Waals surface area contributed by atoms with Gasteiger partial charge in [-0.3, -0.25) is 9.59 Å². The van der Waals surface area contributed by atoms with E-state index in [4.69, 9.17) is 16.3 Å². The highest BCUT2D eigenvalue weighted by molar-refractivity contribution is 6.34. The molecule has 1 aliphatic rings. The molecule has 0 atom stereocenters. The second-order valence-electron chi connectivity index (χ2n) is 6.95. The molecular weight excluding hydrogens is 370 g/mol. The number of ether oxygens (including phenoxy) is 1. The first-order valence-electron chi connectivity index (χ1n) is 9.00. The van der Waals surface area contributed by atoms with Gasteiger partial charge in [0.15, 0.2) is 5.75 Å². The van der Waals surface area contributed by atoms with Crippen LogP contribution in [0.4, 0.5) is 0 Å². The molecule has 0 aromatic carbocycles. The lowest BCUT2D eigenvalue weighted by Gasteiger charge is -2.41. The molecule has 8 heteroatoms. The normalized spacial score (nSPS) is 16.7. The van der Waals surface area contributed by atoms with Crippen LogP contribution in [0.3, 0.4) is 0 Å². The van der Waals surface area contributed by atoms with Gasteiger partial charge in [0.1, 0.15) is 10.8 Å². The van der Waals surface area contributed by atoms with Crippen molar-refractivity contribution < 1.29 is 14.6 Å². The summed E-state index contributed by atoms with van der Waals surface area (Å²) in [4.78, 5) is 30.8. The summed E-state index contributed by atoms with van der Waals surface area (Å²) in [5, 5.41) is 11.1. The van der Waals surface area contributed by atoms with Crippen molar-refractivity contribution in [2.75, 3.05) is 19.7 Å². The van der Waals surface area contributed by atoms with Gasteiger partial charge >= 0.3 is 0 Å². The Bertz CT molecular complexity index is 962. The van der Waals surface area contributed by atoms with E-state index in [2.05, 4.69) is 4.98 Å². The Kier molecular flexibility index (Phi) is 5.18. The smallest absolute Gasteiger partial charge is 0.257 e. The molecule has 2 aromatic heterocycles. The number of aromatic hydroxyl groups is 1. The fraction of sp³-hybridized carbons (Fsp3) is 0.526. The van der Waals surface area contributed by atoms with Gasteiger partial charge < -0.3 is 19.3 Å². The summed E-state index contributed by atoms with van der Waals surface area (Å²) >= 11 is 6.33. The van der Waals surface area contributed by atoms with Crippen LogP contribution in [0.25, 0.3) is 10.9 Å². The highest BCUT2D eigenvalue weighted by Crippen LogP contribution is 2.38. The van der Waals surface area contributed by atoms with Gasteiger partial charge in [0.2, 0.25) is 5.91 Å². The number of carbonyl (C=O) groups excluding carboxylic acids is 1. The summed E-state index contributed by atoms with van der Waals surface area (Å²) in [6.45, 7) is 6.53. The number of hydrogen-bond donors (Lipinski definition) is 1. The maximum atomic E-state index is 13.2.